The van der Waals surface area contributed by atoms with Crippen LogP contribution in [0.5, 0.6) is 0 Å². The zero-order valence-electron chi connectivity index (χ0n) is 11.8. The molecule has 0 aromatic rings. The molecule has 0 radical (unpaired) electrons. The fraction of sp³-hybridized carbons (Fsp3) is 0.529. The van der Waals surface area contributed by atoms with Crippen molar-refractivity contribution in [2.24, 2.45) is 10.8 Å². The number of hydrogen-bond donors (Lipinski definition) is 0. The van der Waals surface area contributed by atoms with Crippen LogP contribution in [0.3, 0.4) is 0 Å². The maximum absolute atomic E-state index is 4.03. The molecular weight excluding hydrogens is 204 g/mol. The van der Waals surface area contributed by atoms with Crippen molar-refractivity contribution in [3.63, 3.8) is 0 Å². The molecule has 0 saturated carbocycles. The van der Waals surface area contributed by atoms with E-state index in [1.807, 2.05) is 0 Å². The first-order chi connectivity index (χ1) is 7.96. The Hall–Kier alpha value is -1.04. The molecule has 1 aliphatic carbocycles. The Bertz CT molecular complexity index is 352. The van der Waals surface area contributed by atoms with Crippen molar-refractivity contribution >= 4 is 0 Å². The first-order valence-corrected chi connectivity index (χ1v) is 6.65. The second-order valence-electron chi connectivity index (χ2n) is 5.69. The predicted molar refractivity (Wildman–Crippen MR) is 78.0 cm³/mol. The summed E-state index contributed by atoms with van der Waals surface area (Å²) < 4.78 is 0. The third-order valence-electron chi connectivity index (χ3n) is 3.57. The smallest absolute Gasteiger partial charge is 0.0301 e. The van der Waals surface area contributed by atoms with Crippen LogP contribution in [0.15, 0.2) is 48.6 Å². The maximum atomic E-state index is 4.03. The summed E-state index contributed by atoms with van der Waals surface area (Å²) in [6, 6.07) is 0. The highest BCUT2D eigenvalue weighted by Gasteiger charge is 2.30. The third-order valence-corrected chi connectivity index (χ3v) is 3.57. The van der Waals surface area contributed by atoms with E-state index in [-0.39, 0.29) is 10.8 Å². The summed E-state index contributed by atoms with van der Waals surface area (Å²) in [7, 11) is 0. The van der Waals surface area contributed by atoms with E-state index in [9.17, 15) is 0 Å². The number of allylic oxidation sites excluding steroid dienone is 7. The monoisotopic (exact) mass is 230 g/mol. The topological polar surface area (TPSA) is 0 Å². The number of unbranched alkanes of at least 4 members (excludes halogenated alkanes) is 1. The van der Waals surface area contributed by atoms with E-state index in [1.165, 1.54) is 18.4 Å². The molecule has 0 amide bonds. The van der Waals surface area contributed by atoms with Gasteiger partial charge in [0.25, 0.3) is 0 Å². The van der Waals surface area contributed by atoms with Crippen LogP contribution in [0.2, 0.25) is 0 Å². The lowest BCUT2D eigenvalue weighted by molar-refractivity contribution is 0.516. The zero-order valence-corrected chi connectivity index (χ0v) is 11.8. The molecule has 0 saturated heterocycles. The molecule has 1 rings (SSSR count). The van der Waals surface area contributed by atoms with Gasteiger partial charge in [-0.3, -0.25) is 0 Å². The average Bonchev–Trinajstić information content (AvgIpc) is 2.27. The van der Waals surface area contributed by atoms with Gasteiger partial charge in [0.2, 0.25) is 0 Å². The van der Waals surface area contributed by atoms with Crippen molar-refractivity contribution in [2.75, 3.05) is 0 Å². The summed E-state index contributed by atoms with van der Waals surface area (Å²) in [5.41, 5.74) is 1.64. The summed E-state index contributed by atoms with van der Waals surface area (Å²) in [6.45, 7) is 12.9. The Balaban J connectivity index is 2.84. The second-order valence-corrected chi connectivity index (χ2v) is 5.69. The molecule has 17 heavy (non-hydrogen) atoms. The Labute approximate surface area is 107 Å². The quantitative estimate of drug-likeness (QED) is 0.551. The van der Waals surface area contributed by atoms with Crippen LogP contribution in [0.25, 0.3) is 0 Å². The van der Waals surface area contributed by atoms with Gasteiger partial charge in [0.1, 0.15) is 0 Å². The van der Waals surface area contributed by atoms with Gasteiger partial charge >= 0.3 is 0 Å². The molecule has 0 fully saturated rings. The van der Waals surface area contributed by atoms with Crippen molar-refractivity contribution in [3.8, 4) is 0 Å². The van der Waals surface area contributed by atoms with E-state index in [1.54, 1.807) is 0 Å². The van der Waals surface area contributed by atoms with Crippen molar-refractivity contribution in [2.45, 2.75) is 47.0 Å². The lowest BCUT2D eigenvalue weighted by Gasteiger charge is -2.35. The molecule has 0 heteroatoms. The predicted octanol–water partition coefficient (Wildman–Crippen LogP) is 5.45. The lowest BCUT2D eigenvalue weighted by Crippen LogP contribution is -2.23. The molecule has 0 bridgehead atoms. The van der Waals surface area contributed by atoms with E-state index in [4.69, 9.17) is 0 Å². The van der Waals surface area contributed by atoms with Crippen molar-refractivity contribution in [3.05, 3.63) is 48.6 Å². The van der Waals surface area contributed by atoms with E-state index in [0.29, 0.717) is 0 Å². The summed E-state index contributed by atoms with van der Waals surface area (Å²) in [6.07, 6.45) is 17.1. The Morgan fingerprint density at radius 3 is 2.47 bits per heavy atom. The molecule has 0 nitrogen and oxygen atoms in total. The largest absolute Gasteiger partial charge is 0.102 e. The molecule has 0 N–H and O–H groups in total. The van der Waals surface area contributed by atoms with Crippen LogP contribution in [-0.2, 0) is 0 Å². The molecule has 0 spiro atoms. The standard InChI is InChI=1S/C17H26/c1-6-8-9-10-11-17(7-2)13-12-16(4,5)14-15(17)3/h7,9-10,12-14H,2,6,8,11H2,1,3-5H3. The minimum Gasteiger partial charge on any atom is -0.102 e. The normalized spacial score (nSPS) is 27.2. The minimum absolute atomic E-state index is 0.0414. The van der Waals surface area contributed by atoms with E-state index >= 15 is 0 Å². The van der Waals surface area contributed by atoms with Crippen LogP contribution in [0, 0.1) is 10.8 Å². The van der Waals surface area contributed by atoms with Gasteiger partial charge in [-0.05, 0) is 19.8 Å². The fourth-order valence-electron chi connectivity index (χ4n) is 2.34. The van der Waals surface area contributed by atoms with Crippen molar-refractivity contribution in [1.29, 1.82) is 0 Å². The van der Waals surface area contributed by atoms with E-state index in [2.05, 4.69) is 70.7 Å². The summed E-state index contributed by atoms with van der Waals surface area (Å²) >= 11 is 0. The van der Waals surface area contributed by atoms with Crippen LogP contribution < -0.4 is 0 Å². The average molecular weight is 230 g/mol. The van der Waals surface area contributed by atoms with Crippen molar-refractivity contribution in [1.82, 2.24) is 0 Å². The van der Waals surface area contributed by atoms with Gasteiger partial charge in [-0.15, -0.1) is 6.58 Å². The molecule has 0 aromatic heterocycles. The Morgan fingerprint density at radius 2 is 1.94 bits per heavy atom. The summed E-state index contributed by atoms with van der Waals surface area (Å²) in [5, 5.41) is 0. The van der Waals surface area contributed by atoms with Gasteiger partial charge in [-0.2, -0.15) is 0 Å². The number of rotatable bonds is 5. The first kappa shape index (κ1) is 14.0. The highest BCUT2D eigenvalue weighted by Crippen LogP contribution is 2.42. The summed E-state index contributed by atoms with van der Waals surface area (Å²) in [5.74, 6) is 0. The highest BCUT2D eigenvalue weighted by molar-refractivity contribution is 5.36. The van der Waals surface area contributed by atoms with Gasteiger partial charge in [0.05, 0.1) is 0 Å². The molecule has 1 aliphatic rings. The third kappa shape index (κ3) is 3.46. The molecule has 1 unspecified atom stereocenters. The zero-order chi connectivity index (χ0) is 12.9. The van der Waals surface area contributed by atoms with Gasteiger partial charge in [-0.25, -0.2) is 0 Å². The highest BCUT2D eigenvalue weighted by atomic mass is 14.3. The molecule has 94 valence electrons. The summed E-state index contributed by atoms with van der Waals surface area (Å²) in [4.78, 5) is 0. The van der Waals surface area contributed by atoms with Gasteiger partial charge in [-0.1, -0.05) is 69.2 Å². The minimum atomic E-state index is 0.0414. The van der Waals surface area contributed by atoms with E-state index in [0.717, 1.165) is 6.42 Å². The second kappa shape index (κ2) is 5.53. The van der Waals surface area contributed by atoms with Crippen molar-refractivity contribution < 1.29 is 0 Å². The number of hydrogen-bond acceptors (Lipinski definition) is 0. The first-order valence-electron chi connectivity index (χ1n) is 6.65. The molecule has 0 aromatic carbocycles. The molecule has 1 atom stereocenters. The SMILES string of the molecule is C=CC1(CC=CCCC)C=CC(C)(C)C=C1C. The van der Waals surface area contributed by atoms with Crippen LogP contribution in [-0.4, -0.2) is 0 Å². The van der Waals surface area contributed by atoms with Crippen LogP contribution in [0.4, 0.5) is 0 Å². The fourth-order valence-corrected chi connectivity index (χ4v) is 2.34. The van der Waals surface area contributed by atoms with Gasteiger partial charge < -0.3 is 0 Å². The lowest BCUT2D eigenvalue weighted by atomic mass is 9.70. The van der Waals surface area contributed by atoms with Gasteiger partial charge in [0.15, 0.2) is 0 Å². The Morgan fingerprint density at radius 1 is 1.24 bits per heavy atom. The maximum Gasteiger partial charge on any atom is 0.0301 e. The Kier molecular flexibility index (Phi) is 4.56. The van der Waals surface area contributed by atoms with Crippen LogP contribution >= 0.6 is 0 Å². The van der Waals surface area contributed by atoms with E-state index < -0.39 is 0 Å². The van der Waals surface area contributed by atoms with Crippen LogP contribution in [0.1, 0.15) is 47.0 Å². The van der Waals surface area contributed by atoms with Gasteiger partial charge in [0, 0.05) is 10.8 Å². The molecular formula is C17H26. The molecule has 0 aliphatic heterocycles. The molecule has 0 heterocycles.